The molecule has 3 atom stereocenters. The minimum absolute atomic E-state index is 0.0199. The number of benzene rings is 1. The van der Waals surface area contributed by atoms with Gasteiger partial charge in [0.2, 0.25) is 0 Å². The number of amides is 1. The highest BCUT2D eigenvalue weighted by atomic mass is 19.1. The van der Waals surface area contributed by atoms with Gasteiger partial charge >= 0.3 is 0 Å². The van der Waals surface area contributed by atoms with Crippen LogP contribution in [0, 0.1) is 5.82 Å². The number of carbonyl (C=O) groups is 1. The Bertz CT molecular complexity index is 1040. The molecule has 1 amide bonds. The summed E-state index contributed by atoms with van der Waals surface area (Å²) in [6.07, 6.45) is 3.42. The van der Waals surface area contributed by atoms with Gasteiger partial charge in [0.1, 0.15) is 17.7 Å². The Kier molecular flexibility index (Phi) is 5.15. The Morgan fingerprint density at radius 2 is 2.23 bits per heavy atom. The lowest BCUT2D eigenvalue weighted by Gasteiger charge is -2.30. The number of nitrogens with one attached hydrogen (secondary N) is 2. The quantitative estimate of drug-likeness (QED) is 0.767. The molecule has 2 N–H and O–H groups in total. The molecule has 1 unspecified atom stereocenters. The van der Waals surface area contributed by atoms with Crippen molar-refractivity contribution in [2.45, 2.75) is 38.6 Å². The van der Waals surface area contributed by atoms with Gasteiger partial charge in [-0.3, -0.25) is 4.79 Å². The summed E-state index contributed by atoms with van der Waals surface area (Å²) in [5.41, 5.74) is 3.14. The summed E-state index contributed by atoms with van der Waals surface area (Å²) in [7, 11) is 0. The van der Waals surface area contributed by atoms with Crippen LogP contribution in [-0.2, 0) is 14.3 Å². The monoisotopic (exact) mass is 427 g/mol. The van der Waals surface area contributed by atoms with E-state index in [1.54, 1.807) is 10.9 Å². The fraction of sp³-hybridized carbons (Fsp3) is 0.455. The minimum atomic E-state index is -0.445. The number of ether oxygens (including phenoxy) is 2. The molecule has 1 fully saturated rings. The number of nitrogens with zero attached hydrogens (tertiary/aromatic N) is 3. The zero-order chi connectivity index (χ0) is 21.5. The Hall–Kier alpha value is -2.91. The molecule has 0 aliphatic carbocycles. The van der Waals surface area contributed by atoms with Crippen LogP contribution in [0.15, 0.2) is 30.0 Å². The van der Waals surface area contributed by atoms with Crippen molar-refractivity contribution in [2.24, 2.45) is 0 Å². The lowest BCUT2D eigenvalue weighted by Crippen LogP contribution is -2.42. The highest BCUT2D eigenvalue weighted by Crippen LogP contribution is 2.35. The second-order valence-corrected chi connectivity index (χ2v) is 8.10. The van der Waals surface area contributed by atoms with Crippen molar-refractivity contribution >= 4 is 23.6 Å². The van der Waals surface area contributed by atoms with Crippen molar-refractivity contribution in [2.75, 3.05) is 36.9 Å². The predicted molar refractivity (Wildman–Crippen MR) is 115 cm³/mol. The summed E-state index contributed by atoms with van der Waals surface area (Å²) in [6.45, 7) is 5.72. The summed E-state index contributed by atoms with van der Waals surface area (Å²) in [6, 6.07) is 4.75. The fourth-order valence-corrected chi connectivity index (χ4v) is 4.49. The molecule has 4 bridgehead atoms. The zero-order valence-electron chi connectivity index (χ0n) is 17.6. The molecule has 164 valence electrons. The van der Waals surface area contributed by atoms with E-state index < -0.39 is 6.10 Å². The van der Waals surface area contributed by atoms with E-state index in [4.69, 9.17) is 9.47 Å². The molecule has 4 heterocycles. The topological polar surface area (TPSA) is 80.7 Å². The van der Waals surface area contributed by atoms with Gasteiger partial charge in [0.05, 0.1) is 18.8 Å². The first-order valence-electron chi connectivity index (χ1n) is 10.6. The number of hydrogen-bond donors (Lipinski definition) is 2. The van der Waals surface area contributed by atoms with Crippen LogP contribution in [0.3, 0.4) is 0 Å². The number of carbonyl (C=O) groups excluding carboxylic acids is 1. The van der Waals surface area contributed by atoms with Crippen LogP contribution < -0.4 is 10.6 Å². The van der Waals surface area contributed by atoms with E-state index in [9.17, 15) is 9.18 Å². The molecule has 1 saturated heterocycles. The van der Waals surface area contributed by atoms with E-state index in [1.807, 2.05) is 31.0 Å². The molecule has 0 spiro atoms. The SMILES string of the molecule is CCO[C@@H]1C[C@H]2COC3Nc4c(cnn4C=C3C)-c3cc(F)cc(c3)NCCN2C1=O. The fourth-order valence-electron chi connectivity index (χ4n) is 4.49. The Morgan fingerprint density at radius 3 is 3.06 bits per heavy atom. The number of halogens is 1. The minimum Gasteiger partial charge on any atom is -0.383 e. The van der Waals surface area contributed by atoms with Gasteiger partial charge in [0.15, 0.2) is 6.23 Å². The van der Waals surface area contributed by atoms with Gasteiger partial charge < -0.3 is 25.0 Å². The van der Waals surface area contributed by atoms with Crippen molar-refractivity contribution in [1.29, 1.82) is 0 Å². The number of aromatic nitrogens is 2. The number of hydrogen-bond acceptors (Lipinski definition) is 6. The molecule has 1 aromatic heterocycles. The normalized spacial score (nSPS) is 25.3. The molecule has 0 radical (unpaired) electrons. The van der Waals surface area contributed by atoms with Crippen molar-refractivity contribution in [3.63, 3.8) is 0 Å². The summed E-state index contributed by atoms with van der Waals surface area (Å²) in [4.78, 5) is 14.7. The maximum atomic E-state index is 14.4. The summed E-state index contributed by atoms with van der Waals surface area (Å²) in [5, 5.41) is 11.1. The molecule has 3 aliphatic heterocycles. The van der Waals surface area contributed by atoms with E-state index in [2.05, 4.69) is 15.7 Å². The number of rotatable bonds is 2. The van der Waals surface area contributed by atoms with Gasteiger partial charge in [-0.25, -0.2) is 9.07 Å². The van der Waals surface area contributed by atoms with Crippen molar-refractivity contribution in [3.05, 3.63) is 35.8 Å². The van der Waals surface area contributed by atoms with Gasteiger partial charge in [-0.05, 0) is 43.2 Å². The lowest BCUT2D eigenvalue weighted by atomic mass is 10.1. The van der Waals surface area contributed by atoms with Crippen LogP contribution in [-0.4, -0.2) is 65.3 Å². The Labute approximate surface area is 180 Å². The molecular weight excluding hydrogens is 401 g/mol. The number of anilines is 2. The first-order chi connectivity index (χ1) is 15.0. The van der Waals surface area contributed by atoms with Gasteiger partial charge in [-0.15, -0.1) is 0 Å². The van der Waals surface area contributed by atoms with Gasteiger partial charge in [0.25, 0.3) is 5.91 Å². The van der Waals surface area contributed by atoms with E-state index in [1.165, 1.54) is 12.1 Å². The third-order valence-electron chi connectivity index (χ3n) is 6.00. The van der Waals surface area contributed by atoms with Crippen LogP contribution in [0.4, 0.5) is 15.9 Å². The Balaban J connectivity index is 1.51. The highest BCUT2D eigenvalue weighted by molar-refractivity contribution is 5.84. The maximum Gasteiger partial charge on any atom is 0.252 e. The summed E-state index contributed by atoms with van der Waals surface area (Å²) < 4.78 is 28.0. The third-order valence-corrected chi connectivity index (χ3v) is 6.00. The molecule has 5 rings (SSSR count). The second-order valence-electron chi connectivity index (χ2n) is 8.10. The average molecular weight is 427 g/mol. The zero-order valence-corrected chi connectivity index (χ0v) is 17.6. The second kappa shape index (κ2) is 7.97. The van der Waals surface area contributed by atoms with Gasteiger partial charge in [-0.2, -0.15) is 5.10 Å². The predicted octanol–water partition coefficient (Wildman–Crippen LogP) is 2.75. The average Bonchev–Trinajstić information content (AvgIpc) is 3.27. The van der Waals surface area contributed by atoms with E-state index in [0.29, 0.717) is 44.0 Å². The van der Waals surface area contributed by atoms with Crippen LogP contribution in [0.2, 0.25) is 0 Å². The van der Waals surface area contributed by atoms with Crippen LogP contribution in [0.1, 0.15) is 20.3 Å². The van der Waals surface area contributed by atoms with Crippen LogP contribution in [0.25, 0.3) is 17.3 Å². The molecule has 9 heteroatoms. The van der Waals surface area contributed by atoms with Gasteiger partial charge in [-0.1, -0.05) is 0 Å². The van der Waals surface area contributed by atoms with Crippen molar-refractivity contribution in [1.82, 2.24) is 14.7 Å². The van der Waals surface area contributed by atoms with Crippen molar-refractivity contribution < 1.29 is 18.7 Å². The summed E-state index contributed by atoms with van der Waals surface area (Å²) in [5.74, 6) is 0.387. The van der Waals surface area contributed by atoms with Crippen LogP contribution in [0.5, 0.6) is 0 Å². The first-order valence-corrected chi connectivity index (χ1v) is 10.6. The van der Waals surface area contributed by atoms with E-state index in [0.717, 1.165) is 17.0 Å². The smallest absolute Gasteiger partial charge is 0.252 e. The summed E-state index contributed by atoms with van der Waals surface area (Å²) >= 11 is 0. The highest BCUT2D eigenvalue weighted by Gasteiger charge is 2.40. The standard InChI is InChI=1S/C22H26FN5O3/c1-3-30-19-9-17-12-31-21-13(2)11-28-20(26-21)18(10-25-28)14-6-15(23)8-16(7-14)24-4-5-27(17)22(19)29/h6-8,10-11,17,19,21,24,26H,3-5,9,12H2,1-2H3/t17-,19+,21?/m0/s1. The molecule has 31 heavy (non-hydrogen) atoms. The molecule has 0 saturated carbocycles. The molecule has 2 aromatic rings. The van der Waals surface area contributed by atoms with Crippen LogP contribution >= 0.6 is 0 Å². The Morgan fingerprint density at radius 1 is 1.35 bits per heavy atom. The largest absolute Gasteiger partial charge is 0.383 e. The van der Waals surface area contributed by atoms with Gasteiger partial charge in [0, 0.05) is 43.6 Å². The maximum absolute atomic E-state index is 14.4. The van der Waals surface area contributed by atoms with E-state index >= 15 is 0 Å². The molecule has 8 nitrogen and oxygen atoms in total. The number of fused-ring (bicyclic) bond motifs is 5. The lowest BCUT2D eigenvalue weighted by molar-refractivity contribution is -0.138. The molecular formula is C22H26FN5O3. The first kappa shape index (κ1) is 20.0. The van der Waals surface area contributed by atoms with Crippen molar-refractivity contribution in [3.8, 4) is 11.1 Å². The molecule has 1 aromatic carbocycles. The van der Waals surface area contributed by atoms with E-state index in [-0.39, 0.29) is 24.0 Å². The third kappa shape index (κ3) is 3.68. The molecule has 3 aliphatic rings.